The van der Waals surface area contributed by atoms with Crippen LogP contribution in [0.15, 0.2) is 61.2 Å². The fourth-order valence-electron chi connectivity index (χ4n) is 2.24. The molecule has 0 N–H and O–H groups in total. The van der Waals surface area contributed by atoms with Gasteiger partial charge in [0.25, 0.3) is 0 Å². The summed E-state index contributed by atoms with van der Waals surface area (Å²) in [5.41, 5.74) is 2.14. The van der Waals surface area contributed by atoms with Gasteiger partial charge in [-0.05, 0) is 37.3 Å². The molecule has 2 aromatic carbocycles. The van der Waals surface area contributed by atoms with Crippen molar-refractivity contribution in [3.63, 3.8) is 0 Å². The van der Waals surface area contributed by atoms with Gasteiger partial charge in [0, 0.05) is 5.56 Å². The minimum absolute atomic E-state index is 0.167. The number of carbonyl (C=O) groups excluding carboxylic acids is 1. The van der Waals surface area contributed by atoms with Gasteiger partial charge in [-0.15, -0.1) is 0 Å². The first-order valence-corrected chi connectivity index (χ1v) is 7.61. The molecule has 3 aromatic rings. The molecule has 0 aliphatic rings. The molecule has 1 aromatic heterocycles. The van der Waals surface area contributed by atoms with Crippen LogP contribution in [0.25, 0.3) is 5.69 Å². The van der Waals surface area contributed by atoms with Crippen LogP contribution in [0.3, 0.4) is 0 Å². The summed E-state index contributed by atoms with van der Waals surface area (Å²) in [6, 6.07) is 14.5. The van der Waals surface area contributed by atoms with E-state index in [9.17, 15) is 4.79 Å². The number of benzene rings is 2. The Morgan fingerprint density at radius 1 is 1.12 bits per heavy atom. The van der Waals surface area contributed by atoms with Gasteiger partial charge in [0.1, 0.15) is 25.0 Å². The Morgan fingerprint density at radius 3 is 2.62 bits per heavy atom. The fourth-order valence-corrected chi connectivity index (χ4v) is 2.24. The van der Waals surface area contributed by atoms with Crippen LogP contribution < -0.4 is 4.74 Å². The van der Waals surface area contributed by atoms with Crippen LogP contribution in [0.4, 0.5) is 0 Å². The first-order valence-electron chi connectivity index (χ1n) is 7.61. The van der Waals surface area contributed by atoms with Crippen LogP contribution in [0, 0.1) is 0 Å². The van der Waals surface area contributed by atoms with Crippen molar-refractivity contribution in [1.82, 2.24) is 14.8 Å². The summed E-state index contributed by atoms with van der Waals surface area (Å²) < 4.78 is 12.5. The number of esters is 1. The highest BCUT2D eigenvalue weighted by Gasteiger charge is 2.10. The molecule has 0 aliphatic heterocycles. The number of ether oxygens (including phenoxy) is 2. The summed E-state index contributed by atoms with van der Waals surface area (Å²) in [4.78, 5) is 16.1. The molecule has 1 heterocycles. The van der Waals surface area contributed by atoms with Crippen LogP contribution in [0.5, 0.6) is 5.75 Å². The Kier molecular flexibility index (Phi) is 4.86. The lowest BCUT2D eigenvalue weighted by atomic mass is 10.2. The molecule has 0 aliphatic carbocycles. The van der Waals surface area contributed by atoms with Gasteiger partial charge < -0.3 is 9.47 Å². The van der Waals surface area contributed by atoms with Gasteiger partial charge in [-0.1, -0.05) is 18.2 Å². The number of rotatable bonds is 6. The Morgan fingerprint density at radius 2 is 1.92 bits per heavy atom. The van der Waals surface area contributed by atoms with Crippen molar-refractivity contribution in [3.8, 4) is 11.4 Å². The van der Waals surface area contributed by atoms with E-state index >= 15 is 0 Å². The van der Waals surface area contributed by atoms with Crippen LogP contribution in [0.1, 0.15) is 22.8 Å². The predicted molar refractivity (Wildman–Crippen MR) is 88.1 cm³/mol. The van der Waals surface area contributed by atoms with E-state index in [0.717, 1.165) is 17.0 Å². The molecule has 0 unspecified atom stereocenters. The molecule has 0 fully saturated rings. The molecule has 24 heavy (non-hydrogen) atoms. The van der Waals surface area contributed by atoms with Crippen LogP contribution in [-0.2, 0) is 11.3 Å². The van der Waals surface area contributed by atoms with E-state index in [1.807, 2.05) is 31.2 Å². The predicted octanol–water partition coefficient (Wildman–Crippen LogP) is 3.02. The second-order valence-electron chi connectivity index (χ2n) is 5.00. The van der Waals surface area contributed by atoms with Gasteiger partial charge in [0.15, 0.2) is 0 Å². The molecule has 6 heteroatoms. The molecule has 0 spiro atoms. The highest BCUT2D eigenvalue weighted by Crippen LogP contribution is 2.19. The molecule has 0 radical (unpaired) electrons. The zero-order valence-electron chi connectivity index (χ0n) is 13.3. The smallest absolute Gasteiger partial charge is 0.338 e. The van der Waals surface area contributed by atoms with Gasteiger partial charge in [-0.2, -0.15) is 5.10 Å². The lowest BCUT2D eigenvalue weighted by molar-refractivity contribution is 0.0469. The third-order valence-corrected chi connectivity index (χ3v) is 3.42. The van der Waals surface area contributed by atoms with E-state index < -0.39 is 0 Å². The zero-order valence-corrected chi connectivity index (χ0v) is 13.3. The summed E-state index contributed by atoms with van der Waals surface area (Å²) in [6.07, 6.45) is 3.05. The minimum Gasteiger partial charge on any atom is -0.493 e. The standard InChI is InChI=1S/C18H17N3O3/c1-2-23-17-6-4-3-5-15(17)11-24-18(22)14-7-9-16(10-8-14)21-13-19-12-20-21/h3-10,12-13H,2,11H2,1H3. The number of aromatic nitrogens is 3. The zero-order chi connectivity index (χ0) is 16.8. The topological polar surface area (TPSA) is 66.2 Å². The van der Waals surface area contributed by atoms with Gasteiger partial charge in [0.05, 0.1) is 17.9 Å². The Hall–Kier alpha value is -3.15. The maximum atomic E-state index is 12.2. The Labute approximate surface area is 139 Å². The molecule has 122 valence electrons. The molecular formula is C18H17N3O3. The lowest BCUT2D eigenvalue weighted by Gasteiger charge is -2.10. The number of nitrogens with zero attached hydrogens (tertiary/aromatic N) is 3. The van der Waals surface area contributed by atoms with Crippen molar-refractivity contribution < 1.29 is 14.3 Å². The van der Waals surface area contributed by atoms with Gasteiger partial charge in [-0.25, -0.2) is 14.5 Å². The van der Waals surface area contributed by atoms with E-state index in [1.165, 1.54) is 6.33 Å². The number of carbonyl (C=O) groups is 1. The maximum absolute atomic E-state index is 12.2. The largest absolute Gasteiger partial charge is 0.493 e. The molecule has 0 amide bonds. The van der Waals surface area contributed by atoms with E-state index in [0.29, 0.717) is 12.2 Å². The third-order valence-electron chi connectivity index (χ3n) is 3.42. The number of para-hydroxylation sites is 1. The van der Waals surface area contributed by atoms with Crippen molar-refractivity contribution in [1.29, 1.82) is 0 Å². The highest BCUT2D eigenvalue weighted by atomic mass is 16.5. The third kappa shape index (κ3) is 3.60. The Bertz CT molecular complexity index is 799. The summed E-state index contributed by atoms with van der Waals surface area (Å²) in [5.74, 6) is 0.348. The summed E-state index contributed by atoms with van der Waals surface area (Å²) in [5, 5.41) is 4.04. The molecule has 6 nitrogen and oxygen atoms in total. The lowest BCUT2D eigenvalue weighted by Crippen LogP contribution is -2.07. The normalized spacial score (nSPS) is 10.4. The molecule has 0 atom stereocenters. The summed E-state index contributed by atoms with van der Waals surface area (Å²) >= 11 is 0. The molecule has 0 saturated heterocycles. The van der Waals surface area contributed by atoms with Gasteiger partial charge in [0.2, 0.25) is 0 Å². The van der Waals surface area contributed by atoms with Crippen molar-refractivity contribution in [2.24, 2.45) is 0 Å². The maximum Gasteiger partial charge on any atom is 0.338 e. The van der Waals surface area contributed by atoms with Crippen molar-refractivity contribution >= 4 is 5.97 Å². The van der Waals surface area contributed by atoms with Gasteiger partial charge >= 0.3 is 5.97 Å². The van der Waals surface area contributed by atoms with Crippen LogP contribution in [-0.4, -0.2) is 27.3 Å². The van der Waals surface area contributed by atoms with E-state index in [1.54, 1.807) is 35.3 Å². The monoisotopic (exact) mass is 323 g/mol. The first-order chi connectivity index (χ1) is 11.8. The molecule has 0 saturated carbocycles. The van der Waals surface area contributed by atoms with Crippen molar-refractivity contribution in [2.75, 3.05) is 6.61 Å². The Balaban J connectivity index is 1.65. The minimum atomic E-state index is -0.383. The second-order valence-corrected chi connectivity index (χ2v) is 5.00. The van der Waals surface area contributed by atoms with Gasteiger partial charge in [-0.3, -0.25) is 0 Å². The average Bonchev–Trinajstić information content (AvgIpc) is 3.16. The number of hydrogen-bond donors (Lipinski definition) is 0. The summed E-state index contributed by atoms with van der Waals surface area (Å²) in [7, 11) is 0. The van der Waals surface area contributed by atoms with E-state index in [4.69, 9.17) is 9.47 Å². The molecule has 3 rings (SSSR count). The highest BCUT2D eigenvalue weighted by molar-refractivity contribution is 5.89. The quantitative estimate of drug-likeness (QED) is 0.652. The SMILES string of the molecule is CCOc1ccccc1COC(=O)c1ccc(-n2cncn2)cc1. The number of hydrogen-bond acceptors (Lipinski definition) is 5. The fraction of sp³-hybridized carbons (Fsp3) is 0.167. The van der Waals surface area contributed by atoms with E-state index in [-0.39, 0.29) is 12.6 Å². The van der Waals surface area contributed by atoms with Crippen molar-refractivity contribution in [3.05, 3.63) is 72.3 Å². The van der Waals surface area contributed by atoms with Crippen molar-refractivity contribution in [2.45, 2.75) is 13.5 Å². The van der Waals surface area contributed by atoms with Crippen LogP contribution >= 0.6 is 0 Å². The summed E-state index contributed by atoms with van der Waals surface area (Å²) in [6.45, 7) is 2.65. The van der Waals surface area contributed by atoms with Crippen LogP contribution in [0.2, 0.25) is 0 Å². The molecule has 0 bridgehead atoms. The first kappa shape index (κ1) is 15.7. The second kappa shape index (κ2) is 7.41. The average molecular weight is 323 g/mol. The van der Waals surface area contributed by atoms with E-state index in [2.05, 4.69) is 10.1 Å². The molecular weight excluding hydrogens is 306 g/mol.